The van der Waals surface area contributed by atoms with Crippen LogP contribution >= 0.6 is 0 Å². The van der Waals surface area contributed by atoms with Gasteiger partial charge >= 0.3 is 0 Å². The summed E-state index contributed by atoms with van der Waals surface area (Å²) in [5, 5.41) is 3.32. The molecule has 1 saturated heterocycles. The zero-order chi connectivity index (χ0) is 14.8. The summed E-state index contributed by atoms with van der Waals surface area (Å²) in [7, 11) is 1.64. The lowest BCUT2D eigenvalue weighted by molar-refractivity contribution is -0.485. The minimum Gasteiger partial charge on any atom is -0.497 e. The molecule has 1 aliphatic rings. The van der Waals surface area contributed by atoms with E-state index in [4.69, 9.17) is 19.2 Å². The fourth-order valence-electron chi connectivity index (χ4n) is 1.88. The standard InChI is InChI=1S/C15H23NO4/c1-10(2)13-18-14(15(3,4)20-19-13)16-11-7-6-8-12(9-11)17-5/h6-10,13-14,16H,1-5H3/t13-,14+/m0/s1. The first kappa shape index (κ1) is 15.1. The van der Waals surface area contributed by atoms with Crippen LogP contribution in [0, 0.1) is 5.92 Å². The highest BCUT2D eigenvalue weighted by atomic mass is 17.2. The van der Waals surface area contributed by atoms with Gasteiger partial charge < -0.3 is 14.8 Å². The molecule has 0 radical (unpaired) electrons. The molecular formula is C15H23NO4. The molecule has 0 amide bonds. The maximum Gasteiger partial charge on any atom is 0.196 e. The molecule has 0 aliphatic carbocycles. The maximum atomic E-state index is 5.94. The van der Waals surface area contributed by atoms with Crippen LogP contribution in [0.5, 0.6) is 5.75 Å². The Morgan fingerprint density at radius 3 is 2.70 bits per heavy atom. The Labute approximate surface area is 120 Å². The summed E-state index contributed by atoms with van der Waals surface area (Å²) in [6.45, 7) is 7.88. The van der Waals surface area contributed by atoms with E-state index in [9.17, 15) is 0 Å². The average Bonchev–Trinajstić information content (AvgIpc) is 2.41. The van der Waals surface area contributed by atoms with Gasteiger partial charge in [-0.1, -0.05) is 19.9 Å². The fourth-order valence-corrected chi connectivity index (χ4v) is 1.88. The number of benzene rings is 1. The molecule has 112 valence electrons. The summed E-state index contributed by atoms with van der Waals surface area (Å²) in [6, 6.07) is 7.70. The molecule has 1 aliphatic heterocycles. The van der Waals surface area contributed by atoms with Crippen LogP contribution in [0.15, 0.2) is 24.3 Å². The topological polar surface area (TPSA) is 49.0 Å². The molecule has 1 aromatic carbocycles. The van der Waals surface area contributed by atoms with E-state index in [0.717, 1.165) is 11.4 Å². The Morgan fingerprint density at radius 1 is 1.30 bits per heavy atom. The molecule has 0 bridgehead atoms. The number of methoxy groups -OCH3 is 1. The van der Waals surface area contributed by atoms with E-state index >= 15 is 0 Å². The number of hydrogen-bond donors (Lipinski definition) is 1. The maximum absolute atomic E-state index is 5.94. The number of rotatable bonds is 4. The van der Waals surface area contributed by atoms with Crippen molar-refractivity contribution in [1.82, 2.24) is 0 Å². The van der Waals surface area contributed by atoms with Gasteiger partial charge in [0.05, 0.1) is 7.11 Å². The monoisotopic (exact) mass is 281 g/mol. The molecule has 0 saturated carbocycles. The van der Waals surface area contributed by atoms with Crippen molar-refractivity contribution in [3.05, 3.63) is 24.3 Å². The van der Waals surface area contributed by atoms with Gasteiger partial charge in [0, 0.05) is 17.7 Å². The van der Waals surface area contributed by atoms with Crippen LogP contribution in [0.2, 0.25) is 0 Å². The predicted molar refractivity (Wildman–Crippen MR) is 76.4 cm³/mol. The lowest BCUT2D eigenvalue weighted by Gasteiger charge is -2.42. The molecule has 0 aromatic heterocycles. The highest BCUT2D eigenvalue weighted by molar-refractivity contribution is 5.48. The predicted octanol–water partition coefficient (Wildman–Crippen LogP) is 3.17. The average molecular weight is 281 g/mol. The highest BCUT2D eigenvalue weighted by Gasteiger charge is 2.41. The van der Waals surface area contributed by atoms with Crippen LogP contribution in [0.3, 0.4) is 0 Å². The summed E-state index contributed by atoms with van der Waals surface area (Å²) in [4.78, 5) is 10.7. The van der Waals surface area contributed by atoms with Crippen LogP contribution < -0.4 is 10.1 Å². The normalized spacial score (nSPS) is 25.5. The molecular weight excluding hydrogens is 258 g/mol. The van der Waals surface area contributed by atoms with Gasteiger partial charge in [0.1, 0.15) is 11.4 Å². The van der Waals surface area contributed by atoms with Gasteiger partial charge in [-0.25, -0.2) is 9.78 Å². The van der Waals surface area contributed by atoms with Gasteiger partial charge in [-0.05, 0) is 26.0 Å². The number of ether oxygens (including phenoxy) is 2. The zero-order valence-corrected chi connectivity index (χ0v) is 12.7. The Kier molecular flexibility index (Phi) is 4.52. The van der Waals surface area contributed by atoms with Crippen molar-refractivity contribution in [2.45, 2.75) is 45.8 Å². The lowest BCUT2D eigenvalue weighted by atomic mass is 10.1. The van der Waals surface area contributed by atoms with Crippen LogP contribution in [0.25, 0.3) is 0 Å². The smallest absolute Gasteiger partial charge is 0.196 e. The summed E-state index contributed by atoms with van der Waals surface area (Å²) < 4.78 is 11.2. The van der Waals surface area contributed by atoms with Crippen LogP contribution in [0.1, 0.15) is 27.7 Å². The number of anilines is 1. The molecule has 2 atom stereocenters. The van der Waals surface area contributed by atoms with E-state index in [1.165, 1.54) is 0 Å². The van der Waals surface area contributed by atoms with E-state index in [2.05, 4.69) is 5.32 Å². The Morgan fingerprint density at radius 2 is 2.05 bits per heavy atom. The van der Waals surface area contributed by atoms with Crippen LogP contribution in [-0.2, 0) is 14.5 Å². The van der Waals surface area contributed by atoms with E-state index in [1.54, 1.807) is 7.11 Å². The summed E-state index contributed by atoms with van der Waals surface area (Å²) in [5.74, 6) is 1.00. The second kappa shape index (κ2) is 5.99. The minimum atomic E-state index is -0.589. The second-order valence-electron chi connectivity index (χ2n) is 5.79. The molecule has 1 heterocycles. The van der Waals surface area contributed by atoms with Crippen molar-refractivity contribution in [1.29, 1.82) is 0 Å². The largest absolute Gasteiger partial charge is 0.497 e. The molecule has 2 rings (SSSR count). The third kappa shape index (κ3) is 3.42. The third-order valence-electron chi connectivity index (χ3n) is 3.17. The van der Waals surface area contributed by atoms with Crippen LogP contribution in [0.4, 0.5) is 5.69 Å². The Bertz CT molecular complexity index is 447. The first-order chi connectivity index (χ1) is 9.42. The summed E-state index contributed by atoms with van der Waals surface area (Å²) in [5.41, 5.74) is 0.324. The quantitative estimate of drug-likeness (QED) is 0.859. The van der Waals surface area contributed by atoms with Gasteiger partial charge in [0.15, 0.2) is 12.5 Å². The van der Waals surface area contributed by atoms with Crippen molar-refractivity contribution in [3.8, 4) is 5.75 Å². The lowest BCUT2D eigenvalue weighted by Crippen LogP contribution is -2.54. The summed E-state index contributed by atoms with van der Waals surface area (Å²) in [6.07, 6.45) is -0.693. The second-order valence-corrected chi connectivity index (χ2v) is 5.79. The fraction of sp³-hybridized carbons (Fsp3) is 0.600. The van der Waals surface area contributed by atoms with Crippen LogP contribution in [-0.4, -0.2) is 25.2 Å². The first-order valence-corrected chi connectivity index (χ1v) is 6.83. The van der Waals surface area contributed by atoms with Crippen molar-refractivity contribution < 1.29 is 19.2 Å². The third-order valence-corrected chi connectivity index (χ3v) is 3.17. The first-order valence-electron chi connectivity index (χ1n) is 6.83. The minimum absolute atomic E-state index is 0.209. The van der Waals surface area contributed by atoms with E-state index in [0.29, 0.717) is 0 Å². The Hall–Kier alpha value is -1.30. The Balaban J connectivity index is 2.11. The molecule has 20 heavy (non-hydrogen) atoms. The van der Waals surface area contributed by atoms with Gasteiger partial charge in [0.2, 0.25) is 0 Å². The summed E-state index contributed by atoms with van der Waals surface area (Å²) >= 11 is 0. The van der Waals surface area contributed by atoms with Gasteiger partial charge in [0.25, 0.3) is 0 Å². The number of nitrogens with one attached hydrogen (secondary N) is 1. The van der Waals surface area contributed by atoms with E-state index in [-0.39, 0.29) is 18.4 Å². The van der Waals surface area contributed by atoms with Crippen molar-refractivity contribution >= 4 is 5.69 Å². The molecule has 1 N–H and O–H groups in total. The SMILES string of the molecule is COc1cccc(N[C@@H]2O[C@H](C(C)C)OOC2(C)C)c1. The van der Waals surface area contributed by atoms with E-state index in [1.807, 2.05) is 52.0 Å². The molecule has 0 unspecified atom stereocenters. The highest BCUT2D eigenvalue weighted by Crippen LogP contribution is 2.30. The molecule has 5 nitrogen and oxygen atoms in total. The molecule has 1 fully saturated rings. The number of hydrogen-bond acceptors (Lipinski definition) is 5. The van der Waals surface area contributed by atoms with Crippen molar-refractivity contribution in [2.75, 3.05) is 12.4 Å². The molecule has 5 heteroatoms. The van der Waals surface area contributed by atoms with E-state index < -0.39 is 5.60 Å². The van der Waals surface area contributed by atoms with Crippen molar-refractivity contribution in [3.63, 3.8) is 0 Å². The van der Waals surface area contributed by atoms with Gasteiger partial charge in [-0.3, -0.25) is 0 Å². The van der Waals surface area contributed by atoms with Crippen molar-refractivity contribution in [2.24, 2.45) is 5.92 Å². The van der Waals surface area contributed by atoms with Gasteiger partial charge in [-0.2, -0.15) is 0 Å². The molecule has 1 aromatic rings. The van der Waals surface area contributed by atoms with Gasteiger partial charge in [-0.15, -0.1) is 0 Å². The molecule has 0 spiro atoms. The zero-order valence-electron chi connectivity index (χ0n) is 12.7.